The third-order valence-electron chi connectivity index (χ3n) is 5.04. The third kappa shape index (κ3) is 6.14. The summed E-state index contributed by atoms with van der Waals surface area (Å²) in [5, 5.41) is 6.81. The van der Waals surface area contributed by atoms with Crippen LogP contribution in [-0.4, -0.2) is 36.3 Å². The Kier molecular flexibility index (Phi) is 7.55. The molecule has 0 radical (unpaired) electrons. The summed E-state index contributed by atoms with van der Waals surface area (Å²) < 4.78 is 12.6. The lowest BCUT2D eigenvalue weighted by Crippen LogP contribution is -2.20. The molecular weight excluding hydrogens is 444 g/mol. The zero-order chi connectivity index (χ0) is 24.5. The van der Waals surface area contributed by atoms with Gasteiger partial charge < -0.3 is 19.4 Å². The highest BCUT2D eigenvalue weighted by atomic mass is 16.5. The Morgan fingerprint density at radius 1 is 0.914 bits per heavy atom. The number of rotatable bonds is 9. The van der Waals surface area contributed by atoms with Crippen molar-refractivity contribution in [2.45, 2.75) is 0 Å². The van der Waals surface area contributed by atoms with Crippen molar-refractivity contribution in [3.05, 3.63) is 108 Å². The van der Waals surface area contributed by atoms with Crippen molar-refractivity contribution < 1.29 is 19.1 Å². The Balaban J connectivity index is 1.29. The van der Waals surface area contributed by atoms with Crippen molar-refractivity contribution in [2.24, 2.45) is 5.10 Å². The lowest BCUT2D eigenvalue weighted by molar-refractivity contribution is -0.118. The first kappa shape index (κ1) is 23.3. The first-order valence-electron chi connectivity index (χ1n) is 10.9. The monoisotopic (exact) mass is 468 g/mol. The molecule has 4 rings (SSSR count). The minimum atomic E-state index is -0.313. The zero-order valence-electron chi connectivity index (χ0n) is 19.0. The van der Waals surface area contributed by atoms with E-state index in [9.17, 15) is 9.59 Å². The van der Waals surface area contributed by atoms with Crippen molar-refractivity contribution in [1.82, 2.24) is 9.99 Å². The molecule has 0 saturated heterocycles. The van der Waals surface area contributed by atoms with Gasteiger partial charge in [0.25, 0.3) is 11.8 Å². The molecule has 176 valence electrons. The van der Waals surface area contributed by atoms with Crippen LogP contribution in [-0.2, 0) is 4.79 Å². The fourth-order valence-electron chi connectivity index (χ4n) is 3.34. The number of nitrogens with one attached hydrogen (secondary N) is 2. The van der Waals surface area contributed by atoms with Crippen LogP contribution in [0.1, 0.15) is 15.9 Å². The van der Waals surface area contributed by atoms with Crippen LogP contribution in [0.3, 0.4) is 0 Å². The van der Waals surface area contributed by atoms with Crippen molar-refractivity contribution >= 4 is 23.7 Å². The molecule has 0 saturated carbocycles. The largest absolute Gasteiger partial charge is 0.495 e. The summed E-state index contributed by atoms with van der Waals surface area (Å²) in [5.41, 5.74) is 5.17. The molecule has 4 aromatic rings. The van der Waals surface area contributed by atoms with Gasteiger partial charge in [0.05, 0.1) is 30.3 Å². The highest BCUT2D eigenvalue weighted by molar-refractivity contribution is 5.98. The van der Waals surface area contributed by atoms with Crippen LogP contribution in [0.2, 0.25) is 0 Å². The number of benzene rings is 3. The van der Waals surface area contributed by atoms with Crippen molar-refractivity contribution in [1.29, 1.82) is 0 Å². The summed E-state index contributed by atoms with van der Waals surface area (Å²) in [6, 6.07) is 25.2. The molecule has 0 fully saturated rings. The Morgan fingerprint density at radius 3 is 2.40 bits per heavy atom. The topological polar surface area (TPSA) is 94.0 Å². The molecule has 3 aromatic carbocycles. The van der Waals surface area contributed by atoms with Crippen LogP contribution in [0.5, 0.6) is 11.5 Å². The number of ether oxygens (including phenoxy) is 2. The number of aromatic nitrogens is 1. The van der Waals surface area contributed by atoms with Crippen LogP contribution in [0.4, 0.5) is 5.69 Å². The lowest BCUT2D eigenvalue weighted by atomic mass is 10.1. The van der Waals surface area contributed by atoms with Gasteiger partial charge in [0.1, 0.15) is 11.5 Å². The highest BCUT2D eigenvalue weighted by Crippen LogP contribution is 2.23. The number of hydrogen-bond donors (Lipinski definition) is 2. The van der Waals surface area contributed by atoms with E-state index in [0.29, 0.717) is 22.7 Å². The number of anilines is 1. The van der Waals surface area contributed by atoms with Gasteiger partial charge in [-0.05, 0) is 66.2 Å². The van der Waals surface area contributed by atoms with E-state index in [1.54, 1.807) is 55.6 Å². The van der Waals surface area contributed by atoms with E-state index in [-0.39, 0.29) is 18.4 Å². The molecule has 2 amide bonds. The molecule has 8 nitrogen and oxygen atoms in total. The van der Waals surface area contributed by atoms with Crippen LogP contribution < -0.4 is 20.2 Å². The van der Waals surface area contributed by atoms with Gasteiger partial charge in [-0.25, -0.2) is 5.43 Å². The summed E-state index contributed by atoms with van der Waals surface area (Å²) >= 11 is 0. The second-order valence-corrected chi connectivity index (χ2v) is 7.41. The summed E-state index contributed by atoms with van der Waals surface area (Å²) in [5.74, 6) is 0.487. The first-order valence-corrected chi connectivity index (χ1v) is 10.9. The smallest absolute Gasteiger partial charge is 0.273 e. The normalized spacial score (nSPS) is 10.7. The number of amides is 2. The molecule has 35 heavy (non-hydrogen) atoms. The summed E-state index contributed by atoms with van der Waals surface area (Å²) in [6.45, 7) is -0.150. The first-order chi connectivity index (χ1) is 17.1. The molecule has 1 heterocycles. The maximum Gasteiger partial charge on any atom is 0.273 e. The fraction of sp³-hybridized carbons (Fsp3) is 0.0741. The standard InChI is InChI=1S/C27H24N4O4/c1-34-25-11-5-3-9-23(25)29-26(32)19-35-21-14-12-20(13-15-21)18-28-30-27(33)22-8-2-4-10-24(22)31-16-6-7-17-31/h2-18H,19H2,1H3,(H,29,32)(H,30,33). The van der Waals surface area contributed by atoms with Gasteiger partial charge in [0.15, 0.2) is 6.61 Å². The molecular formula is C27H24N4O4. The minimum Gasteiger partial charge on any atom is -0.495 e. The SMILES string of the molecule is COc1ccccc1NC(=O)COc1ccc(C=NNC(=O)c2ccccc2-n2cccc2)cc1. The van der Waals surface area contributed by atoms with E-state index in [1.807, 2.05) is 53.4 Å². The summed E-state index contributed by atoms with van der Waals surface area (Å²) in [7, 11) is 1.54. The average molecular weight is 469 g/mol. The third-order valence-corrected chi connectivity index (χ3v) is 5.04. The zero-order valence-corrected chi connectivity index (χ0v) is 19.0. The van der Waals surface area contributed by atoms with E-state index < -0.39 is 0 Å². The number of methoxy groups -OCH3 is 1. The molecule has 8 heteroatoms. The van der Waals surface area contributed by atoms with Crippen molar-refractivity contribution in [3.63, 3.8) is 0 Å². The van der Waals surface area contributed by atoms with Crippen LogP contribution in [0.25, 0.3) is 5.69 Å². The Bertz CT molecular complexity index is 1320. The van der Waals surface area contributed by atoms with Gasteiger partial charge >= 0.3 is 0 Å². The average Bonchev–Trinajstić information content (AvgIpc) is 3.43. The second kappa shape index (κ2) is 11.3. The lowest BCUT2D eigenvalue weighted by Gasteiger charge is -2.10. The molecule has 0 aliphatic rings. The molecule has 0 spiro atoms. The van der Waals surface area contributed by atoms with E-state index in [0.717, 1.165) is 11.3 Å². The second-order valence-electron chi connectivity index (χ2n) is 7.41. The Hall–Kier alpha value is -4.85. The van der Waals surface area contributed by atoms with Crippen molar-refractivity contribution in [3.8, 4) is 17.2 Å². The van der Waals surface area contributed by atoms with Gasteiger partial charge in [-0.1, -0.05) is 24.3 Å². The van der Waals surface area contributed by atoms with E-state index in [1.165, 1.54) is 6.21 Å². The summed E-state index contributed by atoms with van der Waals surface area (Å²) in [6.07, 6.45) is 5.29. The predicted molar refractivity (Wildman–Crippen MR) is 134 cm³/mol. The highest BCUT2D eigenvalue weighted by Gasteiger charge is 2.11. The van der Waals surface area contributed by atoms with E-state index in [2.05, 4.69) is 15.8 Å². The van der Waals surface area contributed by atoms with Gasteiger partial charge in [0.2, 0.25) is 0 Å². The van der Waals surface area contributed by atoms with Crippen molar-refractivity contribution in [2.75, 3.05) is 19.0 Å². The molecule has 1 aromatic heterocycles. The molecule has 0 atom stereocenters. The number of nitrogens with zero attached hydrogens (tertiary/aromatic N) is 2. The maximum atomic E-state index is 12.6. The molecule has 2 N–H and O–H groups in total. The molecule has 0 aliphatic carbocycles. The summed E-state index contributed by atoms with van der Waals surface area (Å²) in [4.78, 5) is 24.8. The van der Waals surface area contributed by atoms with Crippen LogP contribution in [0.15, 0.2) is 102 Å². The number of hydrazone groups is 1. The van der Waals surface area contributed by atoms with E-state index in [4.69, 9.17) is 9.47 Å². The maximum absolute atomic E-state index is 12.6. The quantitative estimate of drug-likeness (QED) is 0.283. The number of carbonyl (C=O) groups excluding carboxylic acids is 2. The minimum absolute atomic E-state index is 0.150. The molecule has 0 unspecified atom stereocenters. The molecule has 0 aliphatic heterocycles. The number of para-hydroxylation sites is 3. The van der Waals surface area contributed by atoms with Gasteiger partial charge in [0, 0.05) is 12.4 Å². The Morgan fingerprint density at radius 2 is 1.63 bits per heavy atom. The van der Waals surface area contributed by atoms with Crippen LogP contribution in [0, 0.1) is 0 Å². The van der Waals surface area contributed by atoms with Gasteiger partial charge in [-0.3, -0.25) is 9.59 Å². The Labute approximate surface area is 202 Å². The number of carbonyl (C=O) groups is 2. The van der Waals surface area contributed by atoms with Gasteiger partial charge in [-0.2, -0.15) is 5.10 Å². The molecule has 0 bridgehead atoms. The number of hydrogen-bond acceptors (Lipinski definition) is 5. The van der Waals surface area contributed by atoms with Crippen LogP contribution >= 0.6 is 0 Å². The fourth-order valence-corrected chi connectivity index (χ4v) is 3.34. The van der Waals surface area contributed by atoms with E-state index >= 15 is 0 Å². The van der Waals surface area contributed by atoms with Gasteiger partial charge in [-0.15, -0.1) is 0 Å². The predicted octanol–water partition coefficient (Wildman–Crippen LogP) is 4.27.